The zero-order valence-electron chi connectivity index (χ0n) is 18.0. The molecule has 0 spiro atoms. The first kappa shape index (κ1) is 22.0. The zero-order valence-corrected chi connectivity index (χ0v) is 18.0. The quantitative estimate of drug-likeness (QED) is 0.475. The van der Waals surface area contributed by atoms with E-state index in [1.807, 2.05) is 30.3 Å². The van der Waals surface area contributed by atoms with Crippen LogP contribution in [0.5, 0.6) is 0 Å². The molecule has 0 fully saturated rings. The van der Waals surface area contributed by atoms with E-state index >= 15 is 0 Å². The molecule has 4 rings (SSSR count). The summed E-state index contributed by atoms with van der Waals surface area (Å²) in [5.74, 6) is -1.45. The molecule has 1 aliphatic heterocycles. The van der Waals surface area contributed by atoms with Crippen LogP contribution in [0.1, 0.15) is 31.7 Å². The molecule has 2 heterocycles. The van der Waals surface area contributed by atoms with Crippen molar-refractivity contribution in [3.05, 3.63) is 64.6 Å². The molecular formula is C23H23N5O5. The number of nitrogens with zero attached hydrogens (tertiary/aromatic N) is 2. The maximum Gasteiger partial charge on any atom is 0.323 e. The Hall–Kier alpha value is -4.21. The van der Waals surface area contributed by atoms with Gasteiger partial charge in [-0.05, 0) is 30.7 Å². The van der Waals surface area contributed by atoms with Gasteiger partial charge in [-0.3, -0.25) is 14.4 Å². The van der Waals surface area contributed by atoms with E-state index in [-0.39, 0.29) is 24.4 Å². The summed E-state index contributed by atoms with van der Waals surface area (Å²) in [6.45, 7) is 1.91. The van der Waals surface area contributed by atoms with Gasteiger partial charge in [0.15, 0.2) is 6.10 Å². The molecule has 2 amide bonds. The van der Waals surface area contributed by atoms with E-state index in [1.54, 1.807) is 18.2 Å². The lowest BCUT2D eigenvalue weighted by atomic mass is 10.1. The normalized spacial score (nSPS) is 14.1. The topological polar surface area (TPSA) is 137 Å². The number of carbonyl (C=O) groups excluding carboxylic acids is 3. The molecule has 0 saturated heterocycles. The molecular weight excluding hydrogens is 426 g/mol. The lowest BCUT2D eigenvalue weighted by Crippen LogP contribution is -2.30. The number of rotatable bonds is 7. The van der Waals surface area contributed by atoms with E-state index in [0.717, 1.165) is 11.3 Å². The molecule has 1 aliphatic rings. The number of aromatic nitrogens is 2. The van der Waals surface area contributed by atoms with Crippen LogP contribution in [-0.4, -0.2) is 51.1 Å². The van der Waals surface area contributed by atoms with Gasteiger partial charge in [-0.25, -0.2) is 9.80 Å². The van der Waals surface area contributed by atoms with Gasteiger partial charge in [0.05, 0.1) is 29.7 Å². The summed E-state index contributed by atoms with van der Waals surface area (Å²) < 4.78 is 5.16. The molecule has 10 nitrogen and oxygen atoms in total. The fourth-order valence-electron chi connectivity index (χ4n) is 3.47. The Morgan fingerprint density at radius 3 is 2.64 bits per heavy atom. The third-order valence-corrected chi connectivity index (χ3v) is 5.20. The van der Waals surface area contributed by atoms with Gasteiger partial charge in [0.2, 0.25) is 5.91 Å². The standard InChI is InChI=1S/C23H23N5O5/c1-14(22(31)24-16-7-8-18-19(13-16)26-23(32)25-18)33-21(30)10-9-20(29)28-12-11-17(27-28)15-5-3-2-4-6-15/h2-8,13-14H,9-12H2,1H3,(H,24,31)(H2,25,26,32)/t14-/m1/s1. The Morgan fingerprint density at radius 2 is 1.85 bits per heavy atom. The molecule has 10 heteroatoms. The maximum atomic E-state index is 12.4. The van der Waals surface area contributed by atoms with Crippen molar-refractivity contribution in [2.75, 3.05) is 11.9 Å². The van der Waals surface area contributed by atoms with Gasteiger partial charge in [-0.1, -0.05) is 30.3 Å². The number of imidazole rings is 1. The predicted octanol–water partition coefficient (Wildman–Crippen LogP) is 2.14. The summed E-state index contributed by atoms with van der Waals surface area (Å²) in [7, 11) is 0. The number of H-pyrrole nitrogens is 2. The molecule has 2 aromatic carbocycles. The number of esters is 1. The maximum absolute atomic E-state index is 12.4. The van der Waals surface area contributed by atoms with Crippen LogP contribution in [0.4, 0.5) is 5.69 Å². The highest BCUT2D eigenvalue weighted by atomic mass is 16.5. The van der Waals surface area contributed by atoms with Gasteiger partial charge in [0.25, 0.3) is 5.91 Å². The Balaban J connectivity index is 1.25. The Bertz CT molecular complexity index is 1280. The summed E-state index contributed by atoms with van der Waals surface area (Å²) >= 11 is 0. The van der Waals surface area contributed by atoms with Crippen LogP contribution < -0.4 is 11.0 Å². The minimum absolute atomic E-state index is 0.0593. The number of benzene rings is 2. The highest BCUT2D eigenvalue weighted by molar-refractivity contribution is 6.02. The van der Waals surface area contributed by atoms with E-state index in [4.69, 9.17) is 4.74 Å². The molecule has 0 bridgehead atoms. The molecule has 1 aromatic heterocycles. The Kier molecular flexibility index (Phi) is 6.34. The van der Waals surface area contributed by atoms with Crippen molar-refractivity contribution in [1.82, 2.24) is 15.0 Å². The van der Waals surface area contributed by atoms with E-state index in [0.29, 0.717) is 29.7 Å². The van der Waals surface area contributed by atoms with E-state index in [1.165, 1.54) is 11.9 Å². The molecule has 3 N–H and O–H groups in total. The highest BCUT2D eigenvalue weighted by Gasteiger charge is 2.23. The minimum atomic E-state index is -1.05. The van der Waals surface area contributed by atoms with Crippen LogP contribution >= 0.6 is 0 Å². The number of carbonyl (C=O) groups is 3. The molecule has 170 valence electrons. The molecule has 0 unspecified atom stereocenters. The van der Waals surface area contributed by atoms with Crippen molar-refractivity contribution < 1.29 is 19.1 Å². The van der Waals surface area contributed by atoms with Crippen LogP contribution in [0.3, 0.4) is 0 Å². The van der Waals surface area contributed by atoms with Crippen LogP contribution in [0.25, 0.3) is 11.0 Å². The second-order valence-corrected chi connectivity index (χ2v) is 7.64. The van der Waals surface area contributed by atoms with Crippen LogP contribution in [-0.2, 0) is 19.1 Å². The second-order valence-electron chi connectivity index (χ2n) is 7.64. The Labute approximate surface area is 188 Å². The first-order valence-corrected chi connectivity index (χ1v) is 10.5. The lowest BCUT2D eigenvalue weighted by Gasteiger charge is -2.14. The van der Waals surface area contributed by atoms with Gasteiger partial charge in [-0.2, -0.15) is 5.10 Å². The SMILES string of the molecule is C[C@@H](OC(=O)CCC(=O)N1CCC(c2ccccc2)=N1)C(=O)Nc1ccc2[nH]c(=O)[nH]c2c1. The van der Waals surface area contributed by atoms with E-state index in [2.05, 4.69) is 20.4 Å². The van der Waals surface area contributed by atoms with Gasteiger partial charge in [-0.15, -0.1) is 0 Å². The number of hydrazone groups is 1. The summed E-state index contributed by atoms with van der Waals surface area (Å²) in [4.78, 5) is 53.4. The number of amides is 2. The number of aromatic amines is 2. The number of ether oxygens (including phenoxy) is 1. The smallest absolute Gasteiger partial charge is 0.323 e. The summed E-state index contributed by atoms with van der Waals surface area (Å²) in [5, 5.41) is 8.36. The summed E-state index contributed by atoms with van der Waals surface area (Å²) in [6, 6.07) is 14.5. The number of nitrogens with one attached hydrogen (secondary N) is 3. The number of anilines is 1. The van der Waals surface area contributed by atoms with Crippen molar-refractivity contribution >= 4 is 40.2 Å². The second kappa shape index (κ2) is 9.51. The van der Waals surface area contributed by atoms with Crippen molar-refractivity contribution in [2.45, 2.75) is 32.3 Å². The Morgan fingerprint density at radius 1 is 1.09 bits per heavy atom. The first-order chi connectivity index (χ1) is 15.9. The number of hydrogen-bond acceptors (Lipinski definition) is 6. The van der Waals surface area contributed by atoms with Crippen molar-refractivity contribution in [2.24, 2.45) is 5.10 Å². The minimum Gasteiger partial charge on any atom is -0.453 e. The van der Waals surface area contributed by atoms with Crippen molar-refractivity contribution in [3.8, 4) is 0 Å². The third kappa shape index (κ3) is 5.35. The van der Waals surface area contributed by atoms with Crippen LogP contribution in [0.15, 0.2) is 58.4 Å². The first-order valence-electron chi connectivity index (χ1n) is 10.5. The van der Waals surface area contributed by atoms with E-state index < -0.39 is 18.0 Å². The summed E-state index contributed by atoms with van der Waals surface area (Å²) in [5.41, 5.74) is 3.05. The largest absolute Gasteiger partial charge is 0.453 e. The zero-order chi connectivity index (χ0) is 23.4. The van der Waals surface area contributed by atoms with Crippen LogP contribution in [0.2, 0.25) is 0 Å². The van der Waals surface area contributed by atoms with Gasteiger partial charge >= 0.3 is 11.7 Å². The molecule has 0 aliphatic carbocycles. The van der Waals surface area contributed by atoms with E-state index in [9.17, 15) is 19.2 Å². The van der Waals surface area contributed by atoms with Gasteiger partial charge in [0, 0.05) is 18.5 Å². The summed E-state index contributed by atoms with van der Waals surface area (Å²) in [6.07, 6.45) is -0.612. The molecule has 0 saturated carbocycles. The molecule has 1 atom stereocenters. The van der Waals surface area contributed by atoms with Gasteiger partial charge < -0.3 is 20.0 Å². The highest BCUT2D eigenvalue weighted by Crippen LogP contribution is 2.16. The average molecular weight is 449 g/mol. The molecule has 0 radical (unpaired) electrons. The van der Waals surface area contributed by atoms with Crippen molar-refractivity contribution in [3.63, 3.8) is 0 Å². The fourth-order valence-corrected chi connectivity index (χ4v) is 3.47. The molecule has 33 heavy (non-hydrogen) atoms. The predicted molar refractivity (Wildman–Crippen MR) is 122 cm³/mol. The molecule has 3 aromatic rings. The van der Waals surface area contributed by atoms with Crippen LogP contribution in [0, 0.1) is 0 Å². The monoisotopic (exact) mass is 449 g/mol. The lowest BCUT2D eigenvalue weighted by molar-refractivity contribution is -0.154. The third-order valence-electron chi connectivity index (χ3n) is 5.20. The average Bonchev–Trinajstić information content (AvgIpc) is 3.44. The van der Waals surface area contributed by atoms with Crippen molar-refractivity contribution in [1.29, 1.82) is 0 Å². The van der Waals surface area contributed by atoms with Gasteiger partial charge in [0.1, 0.15) is 0 Å². The number of fused-ring (bicyclic) bond motifs is 1. The number of hydrogen-bond donors (Lipinski definition) is 3. The fraction of sp³-hybridized carbons (Fsp3) is 0.261.